The van der Waals surface area contributed by atoms with Gasteiger partial charge in [0.1, 0.15) is 0 Å². The minimum atomic E-state index is 0.499. The van der Waals surface area contributed by atoms with E-state index >= 15 is 0 Å². The standard InChI is InChI=1S/C17H34N2/c1-14(2)8-6-9-17-10-7-11-19(13-17)12-16(5)18-15(3)4/h14-15,17-18H,5-13H2,1-4H3. The normalized spacial score (nSPS) is 21.1. The molecule has 0 saturated carbocycles. The third-order valence-electron chi connectivity index (χ3n) is 3.90. The summed E-state index contributed by atoms with van der Waals surface area (Å²) in [7, 11) is 0. The Kier molecular flexibility index (Phi) is 7.52. The molecule has 112 valence electrons. The molecule has 1 N–H and O–H groups in total. The molecule has 0 aromatic rings. The lowest BCUT2D eigenvalue weighted by molar-refractivity contribution is 0.175. The first-order chi connectivity index (χ1) is 8.97. The van der Waals surface area contributed by atoms with Crippen LogP contribution in [0.5, 0.6) is 0 Å². The van der Waals surface area contributed by atoms with Crippen molar-refractivity contribution in [2.45, 2.75) is 65.8 Å². The van der Waals surface area contributed by atoms with E-state index in [4.69, 9.17) is 0 Å². The third kappa shape index (κ3) is 7.61. The molecule has 1 atom stereocenters. The van der Waals surface area contributed by atoms with Crippen molar-refractivity contribution in [2.75, 3.05) is 19.6 Å². The molecule has 0 amide bonds. The Balaban J connectivity index is 2.23. The van der Waals surface area contributed by atoms with Crippen LogP contribution in [0.15, 0.2) is 12.3 Å². The fourth-order valence-corrected chi connectivity index (χ4v) is 3.07. The van der Waals surface area contributed by atoms with Crippen molar-refractivity contribution in [2.24, 2.45) is 11.8 Å². The zero-order chi connectivity index (χ0) is 14.3. The first-order valence-electron chi connectivity index (χ1n) is 8.14. The third-order valence-corrected chi connectivity index (χ3v) is 3.90. The van der Waals surface area contributed by atoms with Gasteiger partial charge in [-0.2, -0.15) is 0 Å². The second-order valence-corrected chi connectivity index (χ2v) is 6.97. The second-order valence-electron chi connectivity index (χ2n) is 6.97. The molecule has 1 fully saturated rings. The first-order valence-corrected chi connectivity index (χ1v) is 8.14. The lowest BCUT2D eigenvalue weighted by Gasteiger charge is -2.33. The summed E-state index contributed by atoms with van der Waals surface area (Å²) in [6, 6.07) is 0.499. The van der Waals surface area contributed by atoms with Gasteiger partial charge in [0, 0.05) is 24.8 Å². The molecule has 0 aliphatic carbocycles. The molecule has 1 aliphatic rings. The van der Waals surface area contributed by atoms with E-state index in [9.17, 15) is 0 Å². The summed E-state index contributed by atoms with van der Waals surface area (Å²) in [6.07, 6.45) is 7.00. The van der Waals surface area contributed by atoms with Crippen LogP contribution in [0.25, 0.3) is 0 Å². The van der Waals surface area contributed by atoms with Gasteiger partial charge in [0.15, 0.2) is 0 Å². The number of rotatable bonds is 8. The van der Waals surface area contributed by atoms with Crippen molar-refractivity contribution in [3.05, 3.63) is 12.3 Å². The SMILES string of the molecule is C=C(CN1CCCC(CCCC(C)C)C1)NC(C)C. The lowest BCUT2D eigenvalue weighted by Crippen LogP contribution is -2.39. The van der Waals surface area contributed by atoms with Crippen LogP contribution in [-0.4, -0.2) is 30.6 Å². The highest BCUT2D eigenvalue weighted by atomic mass is 15.1. The highest BCUT2D eigenvalue weighted by Gasteiger charge is 2.20. The Labute approximate surface area is 120 Å². The fourth-order valence-electron chi connectivity index (χ4n) is 3.07. The molecule has 1 unspecified atom stereocenters. The minimum Gasteiger partial charge on any atom is -0.386 e. The van der Waals surface area contributed by atoms with Crippen LogP contribution in [0.1, 0.15) is 59.8 Å². The quantitative estimate of drug-likeness (QED) is 0.713. The van der Waals surface area contributed by atoms with E-state index in [0.29, 0.717) is 6.04 Å². The van der Waals surface area contributed by atoms with Crippen LogP contribution in [0, 0.1) is 11.8 Å². The Morgan fingerprint density at radius 1 is 1.32 bits per heavy atom. The highest BCUT2D eigenvalue weighted by molar-refractivity contribution is 4.96. The van der Waals surface area contributed by atoms with Gasteiger partial charge in [-0.05, 0) is 51.5 Å². The number of piperidine rings is 1. The van der Waals surface area contributed by atoms with E-state index in [1.54, 1.807) is 0 Å². The van der Waals surface area contributed by atoms with Gasteiger partial charge in [-0.3, -0.25) is 4.90 Å². The summed E-state index contributed by atoms with van der Waals surface area (Å²) in [6.45, 7) is 16.7. The van der Waals surface area contributed by atoms with Crippen LogP contribution in [0.2, 0.25) is 0 Å². The highest BCUT2D eigenvalue weighted by Crippen LogP contribution is 2.23. The number of nitrogens with zero attached hydrogens (tertiary/aromatic N) is 1. The van der Waals surface area contributed by atoms with Gasteiger partial charge >= 0.3 is 0 Å². The van der Waals surface area contributed by atoms with Crippen molar-refractivity contribution in [3.63, 3.8) is 0 Å². The summed E-state index contributed by atoms with van der Waals surface area (Å²) in [4.78, 5) is 2.58. The minimum absolute atomic E-state index is 0.499. The molecule has 1 saturated heterocycles. The summed E-state index contributed by atoms with van der Waals surface area (Å²) in [5.41, 5.74) is 1.18. The molecule has 2 nitrogen and oxygen atoms in total. The summed E-state index contributed by atoms with van der Waals surface area (Å²) < 4.78 is 0. The largest absolute Gasteiger partial charge is 0.386 e. The van der Waals surface area contributed by atoms with Gasteiger partial charge in [0.2, 0.25) is 0 Å². The van der Waals surface area contributed by atoms with Gasteiger partial charge in [-0.25, -0.2) is 0 Å². The first kappa shape index (κ1) is 16.6. The van der Waals surface area contributed by atoms with Crippen molar-refractivity contribution in [1.29, 1.82) is 0 Å². The summed E-state index contributed by atoms with van der Waals surface area (Å²) in [5.74, 6) is 1.77. The smallest absolute Gasteiger partial charge is 0.0375 e. The molecule has 0 spiro atoms. The Morgan fingerprint density at radius 3 is 2.68 bits per heavy atom. The molecule has 1 aliphatic heterocycles. The molecule has 1 heterocycles. The lowest BCUT2D eigenvalue weighted by atomic mass is 9.91. The van der Waals surface area contributed by atoms with Crippen molar-refractivity contribution < 1.29 is 0 Å². The Morgan fingerprint density at radius 2 is 2.05 bits per heavy atom. The zero-order valence-corrected chi connectivity index (χ0v) is 13.5. The maximum absolute atomic E-state index is 4.15. The molecule has 0 radical (unpaired) electrons. The van der Waals surface area contributed by atoms with Crippen LogP contribution < -0.4 is 5.32 Å². The van der Waals surface area contributed by atoms with Gasteiger partial charge in [0.25, 0.3) is 0 Å². The number of hydrogen-bond acceptors (Lipinski definition) is 2. The number of nitrogens with one attached hydrogen (secondary N) is 1. The average Bonchev–Trinajstić information content (AvgIpc) is 2.27. The van der Waals surface area contributed by atoms with Gasteiger partial charge < -0.3 is 5.32 Å². The molecule has 0 aromatic carbocycles. The molecule has 2 heteroatoms. The topological polar surface area (TPSA) is 15.3 Å². The predicted octanol–water partition coefficient (Wildman–Crippen LogP) is 4.04. The van der Waals surface area contributed by atoms with E-state index in [1.807, 2.05) is 0 Å². The molecular formula is C17H34N2. The molecular weight excluding hydrogens is 232 g/mol. The van der Waals surface area contributed by atoms with E-state index < -0.39 is 0 Å². The summed E-state index contributed by atoms with van der Waals surface area (Å²) in [5, 5.41) is 3.43. The van der Waals surface area contributed by atoms with Crippen molar-refractivity contribution in [3.8, 4) is 0 Å². The van der Waals surface area contributed by atoms with E-state index in [1.165, 1.54) is 50.9 Å². The van der Waals surface area contributed by atoms with E-state index in [0.717, 1.165) is 18.4 Å². The van der Waals surface area contributed by atoms with Crippen molar-refractivity contribution in [1.82, 2.24) is 10.2 Å². The maximum atomic E-state index is 4.15. The van der Waals surface area contributed by atoms with Gasteiger partial charge in [-0.1, -0.05) is 33.3 Å². The molecule has 0 aromatic heterocycles. The number of likely N-dealkylation sites (tertiary alicyclic amines) is 1. The fraction of sp³-hybridized carbons (Fsp3) is 0.882. The van der Waals surface area contributed by atoms with Crippen LogP contribution in [0.3, 0.4) is 0 Å². The molecule has 0 bridgehead atoms. The number of hydrogen-bond donors (Lipinski definition) is 1. The Bertz CT molecular complexity index is 258. The Hall–Kier alpha value is -0.500. The van der Waals surface area contributed by atoms with Crippen LogP contribution in [-0.2, 0) is 0 Å². The molecule has 1 rings (SSSR count). The second kappa shape index (κ2) is 8.63. The van der Waals surface area contributed by atoms with E-state index in [2.05, 4.69) is 44.5 Å². The maximum Gasteiger partial charge on any atom is 0.0375 e. The van der Waals surface area contributed by atoms with Gasteiger partial charge in [0.05, 0.1) is 0 Å². The van der Waals surface area contributed by atoms with E-state index in [-0.39, 0.29) is 0 Å². The van der Waals surface area contributed by atoms with Crippen LogP contribution in [0.4, 0.5) is 0 Å². The zero-order valence-electron chi connectivity index (χ0n) is 13.5. The predicted molar refractivity (Wildman–Crippen MR) is 85.3 cm³/mol. The summed E-state index contributed by atoms with van der Waals surface area (Å²) >= 11 is 0. The molecule has 19 heavy (non-hydrogen) atoms. The monoisotopic (exact) mass is 266 g/mol. The average molecular weight is 266 g/mol. The van der Waals surface area contributed by atoms with Gasteiger partial charge in [-0.15, -0.1) is 0 Å². The van der Waals surface area contributed by atoms with Crippen molar-refractivity contribution >= 4 is 0 Å². The van der Waals surface area contributed by atoms with Crippen LogP contribution >= 0.6 is 0 Å².